The number of furan rings is 1. The van der Waals surface area contributed by atoms with Gasteiger partial charge in [0.25, 0.3) is 0 Å². The van der Waals surface area contributed by atoms with Crippen LogP contribution in [0.5, 0.6) is 0 Å². The van der Waals surface area contributed by atoms with E-state index in [9.17, 15) is 0 Å². The summed E-state index contributed by atoms with van der Waals surface area (Å²) in [4.78, 5) is 2.40. The monoisotopic (exact) mass is 278 g/mol. The topological polar surface area (TPSA) is 37.6 Å². The molecule has 1 N–H and O–H groups in total. The van der Waals surface area contributed by atoms with Crippen molar-refractivity contribution in [3.05, 3.63) is 23.2 Å². The molecule has 0 radical (unpaired) electrons. The second-order valence-corrected chi connectivity index (χ2v) is 6.21. The SMILES string of the molecule is Cc1oc(CN(C)C2CCOCC2)cc1CNC1CC1. The molecule has 1 saturated carbocycles. The van der Waals surface area contributed by atoms with Gasteiger partial charge in [-0.3, -0.25) is 4.90 Å². The van der Waals surface area contributed by atoms with E-state index >= 15 is 0 Å². The standard InChI is InChI=1S/C16H26N2O2/c1-12-13(10-17-14-3-4-14)9-16(20-12)11-18(2)15-5-7-19-8-6-15/h9,14-15,17H,3-8,10-11H2,1-2H3. The van der Waals surface area contributed by atoms with Crippen molar-refractivity contribution in [2.24, 2.45) is 0 Å². The lowest BCUT2D eigenvalue weighted by Crippen LogP contribution is -2.36. The number of nitrogens with one attached hydrogen (secondary N) is 1. The number of aryl methyl sites for hydroxylation is 1. The first-order chi connectivity index (χ1) is 9.72. The minimum atomic E-state index is 0.627. The summed E-state index contributed by atoms with van der Waals surface area (Å²) < 4.78 is 11.3. The second kappa shape index (κ2) is 6.29. The molecule has 0 atom stereocenters. The van der Waals surface area contributed by atoms with E-state index in [0.29, 0.717) is 6.04 Å². The summed E-state index contributed by atoms with van der Waals surface area (Å²) in [6.45, 7) is 5.70. The van der Waals surface area contributed by atoms with E-state index < -0.39 is 0 Å². The first kappa shape index (κ1) is 14.1. The van der Waals surface area contributed by atoms with Crippen LogP contribution in [0.4, 0.5) is 0 Å². The summed E-state index contributed by atoms with van der Waals surface area (Å²) in [5.41, 5.74) is 1.31. The highest BCUT2D eigenvalue weighted by atomic mass is 16.5. The first-order valence-electron chi connectivity index (χ1n) is 7.82. The molecule has 4 nitrogen and oxygen atoms in total. The van der Waals surface area contributed by atoms with E-state index in [1.54, 1.807) is 0 Å². The van der Waals surface area contributed by atoms with Crippen LogP contribution < -0.4 is 5.32 Å². The number of hydrogen-bond acceptors (Lipinski definition) is 4. The van der Waals surface area contributed by atoms with Gasteiger partial charge in [-0.05, 0) is 45.7 Å². The highest BCUT2D eigenvalue weighted by molar-refractivity contribution is 5.21. The zero-order chi connectivity index (χ0) is 13.9. The molecule has 2 fully saturated rings. The van der Waals surface area contributed by atoms with Crippen molar-refractivity contribution < 1.29 is 9.15 Å². The predicted octanol–water partition coefficient (Wildman–Crippen LogP) is 2.45. The molecule has 3 rings (SSSR count). The van der Waals surface area contributed by atoms with Crippen LogP contribution in [0.15, 0.2) is 10.5 Å². The molecular formula is C16H26N2O2. The smallest absolute Gasteiger partial charge is 0.118 e. The Bertz CT molecular complexity index is 434. The van der Waals surface area contributed by atoms with E-state index in [1.165, 1.54) is 18.4 Å². The van der Waals surface area contributed by atoms with Crippen LogP contribution in [0.25, 0.3) is 0 Å². The lowest BCUT2D eigenvalue weighted by Gasteiger charge is -2.30. The molecule has 4 heteroatoms. The van der Waals surface area contributed by atoms with Crippen molar-refractivity contribution in [1.29, 1.82) is 0 Å². The van der Waals surface area contributed by atoms with Gasteiger partial charge in [-0.15, -0.1) is 0 Å². The Kier molecular flexibility index (Phi) is 4.44. The van der Waals surface area contributed by atoms with Gasteiger partial charge in [0.05, 0.1) is 6.54 Å². The van der Waals surface area contributed by atoms with Crippen molar-refractivity contribution in [2.75, 3.05) is 20.3 Å². The maximum atomic E-state index is 5.92. The molecule has 1 aliphatic carbocycles. The van der Waals surface area contributed by atoms with Gasteiger partial charge in [-0.1, -0.05) is 0 Å². The number of nitrogens with zero attached hydrogens (tertiary/aromatic N) is 1. The van der Waals surface area contributed by atoms with Crippen molar-refractivity contribution in [2.45, 2.75) is 57.8 Å². The van der Waals surface area contributed by atoms with Crippen LogP contribution in [0.2, 0.25) is 0 Å². The van der Waals surface area contributed by atoms with Gasteiger partial charge in [0, 0.05) is 37.4 Å². The van der Waals surface area contributed by atoms with E-state index in [-0.39, 0.29) is 0 Å². The van der Waals surface area contributed by atoms with Crippen molar-refractivity contribution >= 4 is 0 Å². The van der Waals surface area contributed by atoms with Gasteiger partial charge < -0.3 is 14.5 Å². The third-order valence-electron chi connectivity index (χ3n) is 4.45. The first-order valence-corrected chi connectivity index (χ1v) is 7.82. The Balaban J connectivity index is 1.54. The van der Waals surface area contributed by atoms with Crippen LogP contribution in [-0.4, -0.2) is 37.2 Å². The number of hydrogen-bond donors (Lipinski definition) is 1. The molecule has 0 amide bonds. The molecule has 0 aromatic carbocycles. The third kappa shape index (κ3) is 3.62. The van der Waals surface area contributed by atoms with E-state index in [4.69, 9.17) is 9.15 Å². The largest absolute Gasteiger partial charge is 0.465 e. The van der Waals surface area contributed by atoms with Gasteiger partial charge in [-0.25, -0.2) is 0 Å². The molecule has 1 aromatic heterocycles. The van der Waals surface area contributed by atoms with Gasteiger partial charge >= 0.3 is 0 Å². The third-order valence-corrected chi connectivity index (χ3v) is 4.45. The fourth-order valence-electron chi connectivity index (χ4n) is 2.88. The Hall–Kier alpha value is -0.840. The number of rotatable bonds is 6. The highest BCUT2D eigenvalue weighted by Gasteiger charge is 2.22. The maximum Gasteiger partial charge on any atom is 0.118 e. The van der Waals surface area contributed by atoms with E-state index in [0.717, 1.165) is 56.7 Å². The Morgan fingerprint density at radius 3 is 2.70 bits per heavy atom. The van der Waals surface area contributed by atoms with E-state index in [2.05, 4.69) is 30.3 Å². The van der Waals surface area contributed by atoms with Crippen molar-refractivity contribution in [1.82, 2.24) is 10.2 Å². The molecule has 1 aliphatic heterocycles. The minimum Gasteiger partial charge on any atom is -0.465 e. The Morgan fingerprint density at radius 1 is 1.25 bits per heavy atom. The van der Waals surface area contributed by atoms with Crippen LogP contribution in [0.3, 0.4) is 0 Å². The van der Waals surface area contributed by atoms with Crippen LogP contribution in [0, 0.1) is 6.92 Å². The maximum absolute atomic E-state index is 5.92. The van der Waals surface area contributed by atoms with Crippen molar-refractivity contribution in [3.8, 4) is 0 Å². The summed E-state index contributed by atoms with van der Waals surface area (Å²) in [6, 6.07) is 3.60. The van der Waals surface area contributed by atoms with Crippen LogP contribution in [0.1, 0.15) is 42.8 Å². The molecule has 2 aliphatic rings. The van der Waals surface area contributed by atoms with Gasteiger partial charge in [0.1, 0.15) is 11.5 Å². The average molecular weight is 278 g/mol. The highest BCUT2D eigenvalue weighted by Crippen LogP contribution is 2.22. The summed E-state index contributed by atoms with van der Waals surface area (Å²) in [6.07, 6.45) is 4.92. The van der Waals surface area contributed by atoms with Gasteiger partial charge in [-0.2, -0.15) is 0 Å². The number of ether oxygens (including phenoxy) is 1. The second-order valence-electron chi connectivity index (χ2n) is 6.21. The summed E-state index contributed by atoms with van der Waals surface area (Å²) in [5.74, 6) is 2.15. The molecule has 0 spiro atoms. The fraction of sp³-hybridized carbons (Fsp3) is 0.750. The molecule has 1 saturated heterocycles. The average Bonchev–Trinajstić information content (AvgIpc) is 3.22. The van der Waals surface area contributed by atoms with Crippen molar-refractivity contribution in [3.63, 3.8) is 0 Å². The molecule has 0 unspecified atom stereocenters. The normalized spacial score (nSPS) is 20.8. The Morgan fingerprint density at radius 2 is 2.00 bits per heavy atom. The zero-order valence-electron chi connectivity index (χ0n) is 12.7. The summed E-state index contributed by atoms with van der Waals surface area (Å²) >= 11 is 0. The van der Waals surface area contributed by atoms with Crippen LogP contribution in [-0.2, 0) is 17.8 Å². The molecule has 112 valence electrons. The zero-order valence-corrected chi connectivity index (χ0v) is 12.7. The lowest BCUT2D eigenvalue weighted by atomic mass is 10.1. The predicted molar refractivity (Wildman–Crippen MR) is 78.6 cm³/mol. The van der Waals surface area contributed by atoms with Crippen LogP contribution >= 0.6 is 0 Å². The summed E-state index contributed by atoms with van der Waals surface area (Å²) in [5, 5.41) is 3.55. The molecular weight excluding hydrogens is 252 g/mol. The molecule has 0 bridgehead atoms. The van der Waals surface area contributed by atoms with Gasteiger partial charge in [0.2, 0.25) is 0 Å². The molecule has 2 heterocycles. The summed E-state index contributed by atoms with van der Waals surface area (Å²) in [7, 11) is 2.19. The Labute approximate surface area is 121 Å². The van der Waals surface area contributed by atoms with E-state index in [1.807, 2.05) is 0 Å². The fourth-order valence-corrected chi connectivity index (χ4v) is 2.88. The quantitative estimate of drug-likeness (QED) is 0.867. The molecule has 1 aromatic rings. The minimum absolute atomic E-state index is 0.627. The lowest BCUT2D eigenvalue weighted by molar-refractivity contribution is 0.0387. The van der Waals surface area contributed by atoms with Gasteiger partial charge in [0.15, 0.2) is 0 Å². The molecule has 20 heavy (non-hydrogen) atoms.